The van der Waals surface area contributed by atoms with Gasteiger partial charge in [0.2, 0.25) is 0 Å². The maximum Gasteiger partial charge on any atom is 0.322 e. The number of piperidine rings is 1. The minimum absolute atomic E-state index is 0.0579. The van der Waals surface area contributed by atoms with Gasteiger partial charge in [0.05, 0.1) is 12.1 Å². The Morgan fingerprint density at radius 1 is 0.903 bits per heavy atom. The lowest BCUT2D eigenvalue weighted by molar-refractivity contribution is 0.00201. The van der Waals surface area contributed by atoms with Crippen molar-refractivity contribution >= 4 is 35.5 Å². The zero-order valence-corrected chi connectivity index (χ0v) is 17.8. The van der Waals surface area contributed by atoms with E-state index in [1.165, 1.54) is 16.7 Å². The van der Waals surface area contributed by atoms with Gasteiger partial charge in [0, 0.05) is 29.7 Å². The predicted molar refractivity (Wildman–Crippen MR) is 127 cm³/mol. The van der Waals surface area contributed by atoms with E-state index in [1.807, 2.05) is 35.2 Å². The van der Waals surface area contributed by atoms with E-state index in [9.17, 15) is 4.79 Å². The Bertz CT molecular complexity index is 1090. The van der Waals surface area contributed by atoms with Gasteiger partial charge in [-0.25, -0.2) is 4.79 Å². The molecule has 0 saturated carbocycles. The molecule has 3 aromatic carbocycles. The summed E-state index contributed by atoms with van der Waals surface area (Å²) in [6.07, 6.45) is 4.26. The first kappa shape index (κ1) is 19.9. The molecule has 2 amide bonds. The lowest BCUT2D eigenvalue weighted by Crippen LogP contribution is -2.74. The second-order valence-electron chi connectivity index (χ2n) is 8.08. The van der Waals surface area contributed by atoms with Crippen LogP contribution in [0.3, 0.4) is 0 Å². The van der Waals surface area contributed by atoms with Crippen molar-refractivity contribution in [3.63, 3.8) is 0 Å². The highest BCUT2D eigenvalue weighted by Crippen LogP contribution is 2.43. The summed E-state index contributed by atoms with van der Waals surface area (Å²) < 4.78 is 0. The van der Waals surface area contributed by atoms with Crippen LogP contribution in [0.15, 0.2) is 78.9 Å². The van der Waals surface area contributed by atoms with E-state index < -0.39 is 0 Å². The molecule has 2 saturated heterocycles. The van der Waals surface area contributed by atoms with Gasteiger partial charge in [-0.3, -0.25) is 0 Å². The van der Waals surface area contributed by atoms with Crippen LogP contribution in [0.4, 0.5) is 10.5 Å². The molecule has 156 valence electrons. The Hall–Kier alpha value is -3.08. The second kappa shape index (κ2) is 8.58. The number of anilines is 1. The minimum atomic E-state index is -0.0579. The van der Waals surface area contributed by atoms with Crippen LogP contribution in [-0.2, 0) is 0 Å². The van der Waals surface area contributed by atoms with Crippen molar-refractivity contribution in [2.24, 2.45) is 0 Å². The summed E-state index contributed by atoms with van der Waals surface area (Å²) in [6, 6.07) is 26.5. The number of hydrogen-bond donors (Lipinski definition) is 2. The van der Waals surface area contributed by atoms with Crippen LogP contribution in [0, 0.1) is 0 Å². The molecule has 31 heavy (non-hydrogen) atoms. The van der Waals surface area contributed by atoms with Crippen molar-refractivity contribution in [1.82, 2.24) is 10.2 Å². The number of piperazine rings is 1. The Morgan fingerprint density at radius 2 is 1.58 bits per heavy atom. The van der Waals surface area contributed by atoms with Gasteiger partial charge in [-0.05, 0) is 34.9 Å². The van der Waals surface area contributed by atoms with Crippen LogP contribution < -0.4 is 10.6 Å². The first-order chi connectivity index (χ1) is 15.2. The number of rotatable bonds is 4. The quantitative estimate of drug-likeness (QED) is 0.539. The van der Waals surface area contributed by atoms with Crippen LogP contribution in [0.2, 0.25) is 5.02 Å². The van der Waals surface area contributed by atoms with Crippen LogP contribution in [0.1, 0.15) is 22.6 Å². The largest absolute Gasteiger partial charge is 0.322 e. The van der Waals surface area contributed by atoms with E-state index >= 15 is 0 Å². The van der Waals surface area contributed by atoms with Crippen molar-refractivity contribution < 1.29 is 4.79 Å². The number of hydrogen-bond acceptors (Lipinski definition) is 2. The van der Waals surface area contributed by atoms with Gasteiger partial charge in [0.1, 0.15) is 0 Å². The van der Waals surface area contributed by atoms with E-state index in [2.05, 4.69) is 59.2 Å². The molecule has 2 bridgehead atoms. The SMILES string of the molecule is O=C(Nc1cccc(Cl)c1)N1[C@@H]2CNC[C@H]1C2c1ccc(/C=C/c2ccccc2)cc1. The standard InChI is InChI=1S/C26H24ClN3O/c27-21-7-4-8-22(15-21)29-26(31)30-23-16-28-17-24(30)25(23)20-13-11-19(12-14-20)10-9-18-5-2-1-3-6-18/h1-15,23-25,28H,16-17H2,(H,29,31)/b10-9+/t23-,24+,25?. The maximum absolute atomic E-state index is 12.9. The van der Waals surface area contributed by atoms with E-state index in [0.29, 0.717) is 10.9 Å². The third-order valence-corrected chi connectivity index (χ3v) is 6.39. The molecular formula is C26H24ClN3O. The number of nitrogens with one attached hydrogen (secondary N) is 2. The molecule has 2 N–H and O–H groups in total. The second-order valence-corrected chi connectivity index (χ2v) is 8.51. The maximum atomic E-state index is 12.9. The fraction of sp³-hybridized carbons (Fsp3) is 0.192. The van der Waals surface area contributed by atoms with E-state index in [0.717, 1.165) is 18.8 Å². The van der Waals surface area contributed by atoms with Gasteiger partial charge in [-0.2, -0.15) is 0 Å². The first-order valence-electron chi connectivity index (χ1n) is 10.6. The molecule has 3 aromatic rings. The summed E-state index contributed by atoms with van der Waals surface area (Å²) in [5, 5.41) is 7.04. The number of urea groups is 1. The molecule has 1 unspecified atom stereocenters. The molecule has 4 nitrogen and oxygen atoms in total. The summed E-state index contributed by atoms with van der Waals surface area (Å²) in [4.78, 5) is 14.9. The number of benzene rings is 3. The number of halogens is 1. The number of carbonyl (C=O) groups excluding carboxylic acids is 1. The van der Waals surface area contributed by atoms with E-state index in [-0.39, 0.29) is 18.1 Å². The van der Waals surface area contributed by atoms with Gasteiger partial charge in [0.15, 0.2) is 0 Å². The van der Waals surface area contributed by atoms with Gasteiger partial charge in [0.25, 0.3) is 0 Å². The van der Waals surface area contributed by atoms with Gasteiger partial charge in [-0.15, -0.1) is 0 Å². The molecule has 0 aromatic heterocycles. The zero-order valence-electron chi connectivity index (χ0n) is 17.0. The molecule has 2 heterocycles. The van der Waals surface area contributed by atoms with Gasteiger partial charge < -0.3 is 15.5 Å². The molecule has 2 fully saturated rings. The van der Waals surface area contributed by atoms with Crippen molar-refractivity contribution in [1.29, 1.82) is 0 Å². The molecule has 2 aliphatic rings. The average Bonchev–Trinajstić information content (AvgIpc) is 2.80. The summed E-state index contributed by atoms with van der Waals surface area (Å²) in [5.74, 6) is 0.360. The third kappa shape index (κ3) is 4.09. The molecule has 2 aliphatic heterocycles. The highest BCUT2D eigenvalue weighted by Gasteiger charge is 2.53. The molecule has 0 spiro atoms. The molecule has 0 aliphatic carbocycles. The van der Waals surface area contributed by atoms with Crippen molar-refractivity contribution in [2.45, 2.75) is 18.0 Å². The summed E-state index contributed by atoms with van der Waals surface area (Å²) in [5.41, 5.74) is 4.38. The highest BCUT2D eigenvalue weighted by molar-refractivity contribution is 6.30. The van der Waals surface area contributed by atoms with Gasteiger partial charge >= 0.3 is 6.03 Å². The Balaban J connectivity index is 1.27. The normalized spacial score (nSPS) is 22.2. The van der Waals surface area contributed by atoms with Gasteiger partial charge in [-0.1, -0.05) is 84.4 Å². The summed E-state index contributed by atoms with van der Waals surface area (Å²) >= 11 is 6.04. The number of amides is 2. The lowest BCUT2D eigenvalue weighted by Gasteiger charge is -2.59. The van der Waals surface area contributed by atoms with E-state index in [4.69, 9.17) is 11.6 Å². The molecule has 5 heteroatoms. The predicted octanol–water partition coefficient (Wildman–Crippen LogP) is 5.48. The average molecular weight is 430 g/mol. The number of carbonyl (C=O) groups is 1. The first-order valence-corrected chi connectivity index (χ1v) is 11.0. The van der Waals surface area contributed by atoms with Crippen molar-refractivity contribution in [3.8, 4) is 0 Å². The van der Waals surface area contributed by atoms with Crippen LogP contribution >= 0.6 is 11.6 Å². The number of nitrogens with zero attached hydrogens (tertiary/aromatic N) is 1. The summed E-state index contributed by atoms with van der Waals surface area (Å²) in [6.45, 7) is 1.61. The Kier molecular flexibility index (Phi) is 5.49. The molecular weight excluding hydrogens is 406 g/mol. The van der Waals surface area contributed by atoms with E-state index in [1.54, 1.807) is 12.1 Å². The number of fused-ring (bicyclic) bond motifs is 2. The smallest absolute Gasteiger partial charge is 0.315 e. The lowest BCUT2D eigenvalue weighted by atomic mass is 9.72. The van der Waals surface area contributed by atoms with Crippen molar-refractivity contribution in [2.75, 3.05) is 18.4 Å². The molecule has 3 atom stereocenters. The van der Waals surface area contributed by atoms with Crippen LogP contribution in [0.25, 0.3) is 12.2 Å². The monoisotopic (exact) mass is 429 g/mol. The minimum Gasteiger partial charge on any atom is -0.315 e. The third-order valence-electron chi connectivity index (χ3n) is 6.15. The Labute approximate surface area is 187 Å². The topological polar surface area (TPSA) is 44.4 Å². The van der Waals surface area contributed by atoms with Crippen LogP contribution in [-0.4, -0.2) is 36.1 Å². The molecule has 5 rings (SSSR count). The fourth-order valence-corrected chi connectivity index (χ4v) is 4.85. The fourth-order valence-electron chi connectivity index (χ4n) is 4.66. The van der Waals surface area contributed by atoms with Crippen LogP contribution in [0.5, 0.6) is 0 Å². The Morgan fingerprint density at radius 3 is 2.26 bits per heavy atom. The van der Waals surface area contributed by atoms with Crippen molar-refractivity contribution in [3.05, 3.63) is 101 Å². The summed E-state index contributed by atoms with van der Waals surface area (Å²) in [7, 11) is 0. The molecule has 0 radical (unpaired) electrons. The highest BCUT2D eigenvalue weighted by atomic mass is 35.5. The zero-order chi connectivity index (χ0) is 21.2.